The van der Waals surface area contributed by atoms with Crippen molar-refractivity contribution in [2.45, 2.75) is 38.0 Å². The molecule has 6 heteroatoms. The van der Waals surface area contributed by atoms with Gasteiger partial charge in [0.2, 0.25) is 15.9 Å². The Morgan fingerprint density at radius 2 is 1.68 bits per heavy atom. The molecule has 0 N–H and O–H groups in total. The van der Waals surface area contributed by atoms with E-state index < -0.39 is 10.0 Å². The molecule has 1 fully saturated rings. The first-order valence-corrected chi connectivity index (χ1v) is 11.3. The van der Waals surface area contributed by atoms with Gasteiger partial charge in [0.25, 0.3) is 0 Å². The van der Waals surface area contributed by atoms with Crippen LogP contribution in [-0.4, -0.2) is 38.3 Å². The molecule has 2 aliphatic rings. The van der Waals surface area contributed by atoms with E-state index in [-0.39, 0.29) is 11.8 Å². The number of benzene rings is 2. The van der Waals surface area contributed by atoms with Gasteiger partial charge in [-0.05, 0) is 68.0 Å². The Bertz CT molecular complexity index is 1010. The summed E-state index contributed by atoms with van der Waals surface area (Å²) in [5, 5.41) is 0. The number of carbonyl (C=O) groups is 1. The number of nitrogens with zero attached hydrogens (tertiary/aromatic N) is 2. The predicted molar refractivity (Wildman–Crippen MR) is 110 cm³/mol. The molecule has 1 saturated heterocycles. The second kappa shape index (κ2) is 7.33. The van der Waals surface area contributed by atoms with Gasteiger partial charge in [0, 0.05) is 31.2 Å². The fourth-order valence-electron chi connectivity index (χ4n) is 4.15. The first-order valence-electron chi connectivity index (χ1n) is 9.84. The second-order valence-electron chi connectivity index (χ2n) is 7.79. The highest BCUT2D eigenvalue weighted by atomic mass is 32.2. The molecule has 0 unspecified atom stereocenters. The summed E-state index contributed by atoms with van der Waals surface area (Å²) in [4.78, 5) is 15.3. The van der Waals surface area contributed by atoms with Crippen LogP contribution in [0.25, 0.3) is 0 Å². The highest BCUT2D eigenvalue weighted by molar-refractivity contribution is 7.89. The Morgan fingerprint density at radius 3 is 2.39 bits per heavy atom. The Morgan fingerprint density at radius 1 is 0.964 bits per heavy atom. The van der Waals surface area contributed by atoms with Crippen molar-refractivity contribution in [1.82, 2.24) is 4.31 Å². The van der Waals surface area contributed by atoms with Crippen molar-refractivity contribution in [3.05, 3.63) is 59.2 Å². The molecule has 2 aromatic carbocycles. The third-order valence-electron chi connectivity index (χ3n) is 6.07. The SMILES string of the molecule is Cc1ccc(S(=O)(=O)N2CCC(C(=O)N3CCc4ccccc43)CC2)cc1C. The van der Waals surface area contributed by atoms with Crippen LogP contribution in [0, 0.1) is 19.8 Å². The van der Waals surface area contributed by atoms with Gasteiger partial charge in [-0.3, -0.25) is 4.79 Å². The topological polar surface area (TPSA) is 57.7 Å². The van der Waals surface area contributed by atoms with E-state index in [1.54, 1.807) is 12.1 Å². The Kier molecular flexibility index (Phi) is 5.02. The Hall–Kier alpha value is -2.18. The van der Waals surface area contributed by atoms with Crippen molar-refractivity contribution >= 4 is 21.6 Å². The van der Waals surface area contributed by atoms with Gasteiger partial charge in [-0.1, -0.05) is 24.3 Å². The molecule has 5 nitrogen and oxygen atoms in total. The molecule has 2 heterocycles. The lowest BCUT2D eigenvalue weighted by molar-refractivity contribution is -0.123. The van der Waals surface area contributed by atoms with Crippen molar-refractivity contribution in [3.8, 4) is 0 Å². The van der Waals surface area contributed by atoms with E-state index in [2.05, 4.69) is 6.07 Å². The molecule has 148 valence electrons. The van der Waals surface area contributed by atoms with Crippen molar-refractivity contribution < 1.29 is 13.2 Å². The van der Waals surface area contributed by atoms with Crippen LogP contribution in [0.4, 0.5) is 5.69 Å². The highest BCUT2D eigenvalue weighted by Crippen LogP contribution is 2.32. The summed E-state index contributed by atoms with van der Waals surface area (Å²) >= 11 is 0. The van der Waals surface area contributed by atoms with Crippen molar-refractivity contribution in [2.24, 2.45) is 5.92 Å². The van der Waals surface area contributed by atoms with Crippen molar-refractivity contribution in [3.63, 3.8) is 0 Å². The van der Waals surface area contributed by atoms with Crippen LogP contribution in [0.3, 0.4) is 0 Å². The maximum absolute atomic E-state index is 13.0. The van der Waals surface area contributed by atoms with E-state index in [1.165, 1.54) is 9.87 Å². The summed E-state index contributed by atoms with van der Waals surface area (Å²) in [6.45, 7) is 5.40. The van der Waals surface area contributed by atoms with Crippen LogP contribution < -0.4 is 4.90 Å². The molecule has 0 bridgehead atoms. The fourth-order valence-corrected chi connectivity index (χ4v) is 5.71. The zero-order valence-electron chi connectivity index (χ0n) is 16.4. The normalized spacial score (nSPS) is 18.3. The Labute approximate surface area is 167 Å². The number of sulfonamides is 1. The average Bonchev–Trinajstić information content (AvgIpc) is 3.13. The number of anilines is 1. The molecule has 0 spiro atoms. The number of piperidine rings is 1. The maximum atomic E-state index is 13.0. The summed E-state index contributed by atoms with van der Waals surface area (Å²) in [6.07, 6.45) is 2.03. The monoisotopic (exact) mass is 398 g/mol. The first kappa shape index (κ1) is 19.2. The number of para-hydroxylation sites is 1. The van der Waals surface area contributed by atoms with E-state index in [0.29, 0.717) is 30.8 Å². The van der Waals surface area contributed by atoms with Gasteiger partial charge in [0.1, 0.15) is 0 Å². The summed E-state index contributed by atoms with van der Waals surface area (Å²) in [5.41, 5.74) is 4.27. The van der Waals surface area contributed by atoms with E-state index in [0.717, 1.165) is 29.8 Å². The number of aryl methyl sites for hydroxylation is 2. The molecule has 1 amide bonds. The third kappa shape index (κ3) is 3.35. The quantitative estimate of drug-likeness (QED) is 0.797. The summed E-state index contributed by atoms with van der Waals surface area (Å²) in [6, 6.07) is 13.3. The van der Waals surface area contributed by atoms with E-state index >= 15 is 0 Å². The standard InChI is InChI=1S/C22H26N2O3S/c1-16-7-8-20(15-17(16)2)28(26,27)23-12-9-19(10-13-23)22(25)24-14-11-18-5-3-4-6-21(18)24/h3-8,15,19H,9-14H2,1-2H3. The molecule has 0 aliphatic carbocycles. The number of hydrogen-bond donors (Lipinski definition) is 0. The van der Waals surface area contributed by atoms with Crippen LogP contribution >= 0.6 is 0 Å². The molecule has 4 rings (SSSR count). The van der Waals surface area contributed by atoms with Crippen LogP contribution in [0.15, 0.2) is 47.4 Å². The van der Waals surface area contributed by atoms with E-state index in [4.69, 9.17) is 0 Å². The van der Waals surface area contributed by atoms with Crippen LogP contribution in [0.1, 0.15) is 29.5 Å². The summed E-state index contributed by atoms with van der Waals surface area (Å²) in [5.74, 6) is 0.0190. The highest BCUT2D eigenvalue weighted by Gasteiger charge is 2.35. The van der Waals surface area contributed by atoms with Gasteiger partial charge in [0.05, 0.1) is 4.90 Å². The Balaban J connectivity index is 1.45. The fraction of sp³-hybridized carbons (Fsp3) is 0.409. The molecule has 0 saturated carbocycles. The van der Waals surface area contributed by atoms with Crippen LogP contribution in [0.2, 0.25) is 0 Å². The largest absolute Gasteiger partial charge is 0.312 e. The molecular formula is C22H26N2O3S. The van der Waals surface area contributed by atoms with Crippen LogP contribution in [-0.2, 0) is 21.2 Å². The van der Waals surface area contributed by atoms with Crippen molar-refractivity contribution in [2.75, 3.05) is 24.5 Å². The zero-order valence-corrected chi connectivity index (χ0v) is 17.2. The van der Waals surface area contributed by atoms with Gasteiger partial charge in [-0.2, -0.15) is 4.31 Å². The van der Waals surface area contributed by atoms with Crippen molar-refractivity contribution in [1.29, 1.82) is 0 Å². The molecule has 0 aromatic heterocycles. The number of fused-ring (bicyclic) bond motifs is 1. The van der Waals surface area contributed by atoms with Gasteiger partial charge in [-0.15, -0.1) is 0 Å². The molecule has 0 atom stereocenters. The van der Waals surface area contributed by atoms with Gasteiger partial charge >= 0.3 is 0 Å². The second-order valence-corrected chi connectivity index (χ2v) is 9.73. The van der Waals surface area contributed by atoms with Gasteiger partial charge < -0.3 is 4.90 Å². The molecule has 0 radical (unpaired) electrons. The number of hydrogen-bond acceptors (Lipinski definition) is 3. The first-order chi connectivity index (χ1) is 13.4. The molecular weight excluding hydrogens is 372 g/mol. The van der Waals surface area contributed by atoms with Crippen LogP contribution in [0.5, 0.6) is 0 Å². The molecule has 28 heavy (non-hydrogen) atoms. The molecule has 2 aromatic rings. The predicted octanol–water partition coefficient (Wildman–Crippen LogP) is 3.29. The van der Waals surface area contributed by atoms with E-state index in [1.807, 2.05) is 43.0 Å². The summed E-state index contributed by atoms with van der Waals surface area (Å²) < 4.78 is 27.5. The lowest BCUT2D eigenvalue weighted by Gasteiger charge is -2.32. The number of amides is 1. The minimum absolute atomic E-state index is 0.114. The zero-order chi connectivity index (χ0) is 19.9. The van der Waals surface area contributed by atoms with Gasteiger partial charge in [0.15, 0.2) is 0 Å². The molecule has 2 aliphatic heterocycles. The number of rotatable bonds is 3. The lowest BCUT2D eigenvalue weighted by atomic mass is 9.96. The maximum Gasteiger partial charge on any atom is 0.243 e. The minimum Gasteiger partial charge on any atom is -0.312 e. The van der Waals surface area contributed by atoms with E-state index in [9.17, 15) is 13.2 Å². The minimum atomic E-state index is -3.51. The average molecular weight is 399 g/mol. The number of carbonyl (C=O) groups excluding carboxylic acids is 1. The third-order valence-corrected chi connectivity index (χ3v) is 7.97. The van der Waals surface area contributed by atoms with Gasteiger partial charge in [-0.25, -0.2) is 8.42 Å². The lowest BCUT2D eigenvalue weighted by Crippen LogP contribution is -2.44. The smallest absolute Gasteiger partial charge is 0.243 e. The summed E-state index contributed by atoms with van der Waals surface area (Å²) in [7, 11) is -3.51.